The highest BCUT2D eigenvalue weighted by molar-refractivity contribution is 4.88. The van der Waals surface area contributed by atoms with Gasteiger partial charge in [0.05, 0.1) is 6.61 Å². The molecule has 0 bridgehead atoms. The predicted molar refractivity (Wildman–Crippen MR) is 53.8 cm³/mol. The first kappa shape index (κ1) is 9.47. The maximum absolute atomic E-state index is 5.63. The number of rotatable bonds is 1. The lowest BCUT2D eigenvalue weighted by Crippen LogP contribution is -2.47. The maximum atomic E-state index is 5.63. The second-order valence-corrected chi connectivity index (χ2v) is 4.63. The third kappa shape index (κ3) is 2.05. The molecule has 0 radical (unpaired) electrons. The van der Waals surface area contributed by atoms with Crippen molar-refractivity contribution in [1.82, 2.24) is 4.90 Å². The first-order valence-corrected chi connectivity index (χ1v) is 5.65. The summed E-state index contributed by atoms with van der Waals surface area (Å²) in [4.78, 5) is 2.58. The minimum atomic E-state index is 0.534. The van der Waals surface area contributed by atoms with Gasteiger partial charge in [-0.05, 0) is 38.8 Å². The Bertz CT molecular complexity index is 158. The van der Waals surface area contributed by atoms with Crippen LogP contribution in [0.15, 0.2) is 0 Å². The first-order chi connectivity index (χ1) is 6.35. The summed E-state index contributed by atoms with van der Waals surface area (Å²) >= 11 is 0. The zero-order valence-electron chi connectivity index (χ0n) is 8.72. The monoisotopic (exact) mass is 183 g/mol. The first-order valence-electron chi connectivity index (χ1n) is 5.65. The van der Waals surface area contributed by atoms with Crippen molar-refractivity contribution in [2.75, 3.05) is 32.8 Å². The van der Waals surface area contributed by atoms with Crippen LogP contribution in [0.5, 0.6) is 0 Å². The second-order valence-electron chi connectivity index (χ2n) is 4.63. The van der Waals surface area contributed by atoms with Crippen molar-refractivity contribution in [1.29, 1.82) is 0 Å². The molecule has 0 saturated carbocycles. The van der Waals surface area contributed by atoms with Crippen molar-refractivity contribution in [3.63, 3.8) is 0 Å². The van der Waals surface area contributed by atoms with Crippen LogP contribution in [-0.2, 0) is 4.74 Å². The standard InChI is InChI=1S/C11H21NO/c1-2-12-7-3-5-11(9-12)6-4-8-13-10-11/h2-10H2,1H3. The minimum Gasteiger partial charge on any atom is -0.381 e. The van der Waals surface area contributed by atoms with Gasteiger partial charge in [-0.2, -0.15) is 0 Å². The van der Waals surface area contributed by atoms with E-state index in [1.165, 1.54) is 45.3 Å². The Hall–Kier alpha value is -0.0800. The molecule has 0 aromatic rings. The zero-order valence-corrected chi connectivity index (χ0v) is 8.72. The molecule has 76 valence electrons. The summed E-state index contributed by atoms with van der Waals surface area (Å²) in [6.07, 6.45) is 5.43. The van der Waals surface area contributed by atoms with Crippen LogP contribution >= 0.6 is 0 Å². The number of hydrogen-bond donors (Lipinski definition) is 0. The van der Waals surface area contributed by atoms with E-state index >= 15 is 0 Å². The van der Waals surface area contributed by atoms with Gasteiger partial charge < -0.3 is 9.64 Å². The van der Waals surface area contributed by atoms with E-state index in [1.807, 2.05) is 0 Å². The fourth-order valence-corrected chi connectivity index (χ4v) is 2.81. The van der Waals surface area contributed by atoms with Gasteiger partial charge in [0.2, 0.25) is 0 Å². The molecule has 0 amide bonds. The highest BCUT2D eigenvalue weighted by Gasteiger charge is 2.36. The summed E-state index contributed by atoms with van der Waals surface area (Å²) in [7, 11) is 0. The van der Waals surface area contributed by atoms with Crippen LogP contribution in [0.2, 0.25) is 0 Å². The summed E-state index contributed by atoms with van der Waals surface area (Å²) in [5.74, 6) is 0. The van der Waals surface area contributed by atoms with Crippen molar-refractivity contribution in [3.05, 3.63) is 0 Å². The van der Waals surface area contributed by atoms with Crippen LogP contribution in [0.3, 0.4) is 0 Å². The third-order valence-corrected chi connectivity index (χ3v) is 3.59. The van der Waals surface area contributed by atoms with Gasteiger partial charge in [0, 0.05) is 18.6 Å². The number of ether oxygens (including phenoxy) is 1. The topological polar surface area (TPSA) is 12.5 Å². The van der Waals surface area contributed by atoms with Gasteiger partial charge in [0.1, 0.15) is 0 Å². The van der Waals surface area contributed by atoms with E-state index < -0.39 is 0 Å². The summed E-state index contributed by atoms with van der Waals surface area (Å²) in [6, 6.07) is 0. The quantitative estimate of drug-likeness (QED) is 0.615. The summed E-state index contributed by atoms with van der Waals surface area (Å²) in [5, 5.41) is 0. The Morgan fingerprint density at radius 3 is 2.85 bits per heavy atom. The van der Waals surface area contributed by atoms with Gasteiger partial charge >= 0.3 is 0 Å². The van der Waals surface area contributed by atoms with Crippen LogP contribution in [0.25, 0.3) is 0 Å². The van der Waals surface area contributed by atoms with Gasteiger partial charge in [0.15, 0.2) is 0 Å². The Kier molecular flexibility index (Phi) is 2.89. The SMILES string of the molecule is CCN1CCCC2(CCCOC2)C1. The molecule has 1 atom stereocenters. The Balaban J connectivity index is 1.95. The van der Waals surface area contributed by atoms with Crippen LogP contribution in [0, 0.1) is 5.41 Å². The van der Waals surface area contributed by atoms with Gasteiger partial charge in [-0.1, -0.05) is 6.92 Å². The second kappa shape index (κ2) is 3.97. The van der Waals surface area contributed by atoms with Gasteiger partial charge in [-0.15, -0.1) is 0 Å². The lowest BCUT2D eigenvalue weighted by Gasteiger charge is -2.44. The highest BCUT2D eigenvalue weighted by atomic mass is 16.5. The maximum Gasteiger partial charge on any atom is 0.0534 e. The average molecular weight is 183 g/mol. The van der Waals surface area contributed by atoms with E-state index in [4.69, 9.17) is 4.74 Å². The molecule has 0 N–H and O–H groups in total. The van der Waals surface area contributed by atoms with Gasteiger partial charge in [-0.3, -0.25) is 0 Å². The Morgan fingerprint density at radius 2 is 2.15 bits per heavy atom. The lowest BCUT2D eigenvalue weighted by atomic mass is 9.76. The largest absolute Gasteiger partial charge is 0.381 e. The normalized spacial score (nSPS) is 36.7. The zero-order chi connectivity index (χ0) is 9.15. The van der Waals surface area contributed by atoms with Crippen LogP contribution < -0.4 is 0 Å². The molecular formula is C11H21NO. The number of likely N-dealkylation sites (tertiary alicyclic amines) is 1. The van der Waals surface area contributed by atoms with Crippen LogP contribution in [0.4, 0.5) is 0 Å². The Labute approximate surface area is 81.3 Å². The molecule has 2 nitrogen and oxygen atoms in total. The van der Waals surface area contributed by atoms with Crippen molar-refractivity contribution >= 4 is 0 Å². The average Bonchev–Trinajstić information content (AvgIpc) is 2.19. The van der Waals surface area contributed by atoms with Crippen molar-refractivity contribution < 1.29 is 4.74 Å². The molecule has 1 unspecified atom stereocenters. The van der Waals surface area contributed by atoms with E-state index in [2.05, 4.69) is 11.8 Å². The molecule has 2 aliphatic rings. The van der Waals surface area contributed by atoms with Gasteiger partial charge in [-0.25, -0.2) is 0 Å². The third-order valence-electron chi connectivity index (χ3n) is 3.59. The predicted octanol–water partition coefficient (Wildman–Crippen LogP) is 1.90. The molecule has 13 heavy (non-hydrogen) atoms. The molecule has 2 saturated heterocycles. The molecule has 0 aliphatic carbocycles. The fourth-order valence-electron chi connectivity index (χ4n) is 2.81. The van der Waals surface area contributed by atoms with Gasteiger partial charge in [0.25, 0.3) is 0 Å². The summed E-state index contributed by atoms with van der Waals surface area (Å²) < 4.78 is 5.63. The number of nitrogens with zero attached hydrogens (tertiary/aromatic N) is 1. The molecule has 2 heteroatoms. The Morgan fingerprint density at radius 1 is 1.31 bits per heavy atom. The molecule has 2 aliphatic heterocycles. The van der Waals surface area contributed by atoms with E-state index in [9.17, 15) is 0 Å². The van der Waals surface area contributed by atoms with Crippen LogP contribution in [0.1, 0.15) is 32.6 Å². The molecule has 0 aromatic heterocycles. The number of hydrogen-bond acceptors (Lipinski definition) is 2. The molecule has 2 rings (SSSR count). The highest BCUT2D eigenvalue weighted by Crippen LogP contribution is 2.37. The molecule has 1 spiro atoms. The van der Waals surface area contributed by atoms with Crippen LogP contribution in [-0.4, -0.2) is 37.7 Å². The van der Waals surface area contributed by atoms with E-state index in [1.54, 1.807) is 0 Å². The smallest absolute Gasteiger partial charge is 0.0534 e. The summed E-state index contributed by atoms with van der Waals surface area (Å²) in [6.45, 7) is 8.07. The van der Waals surface area contributed by atoms with Crippen molar-refractivity contribution in [2.24, 2.45) is 5.41 Å². The van der Waals surface area contributed by atoms with E-state index in [0.29, 0.717) is 5.41 Å². The fraction of sp³-hybridized carbons (Fsp3) is 1.00. The van der Waals surface area contributed by atoms with E-state index in [-0.39, 0.29) is 0 Å². The summed E-state index contributed by atoms with van der Waals surface area (Å²) in [5.41, 5.74) is 0.534. The van der Waals surface area contributed by atoms with Crippen molar-refractivity contribution in [2.45, 2.75) is 32.6 Å². The number of piperidine rings is 1. The molecule has 2 heterocycles. The van der Waals surface area contributed by atoms with Crippen molar-refractivity contribution in [3.8, 4) is 0 Å². The van der Waals surface area contributed by atoms with E-state index in [0.717, 1.165) is 13.2 Å². The lowest BCUT2D eigenvalue weighted by molar-refractivity contribution is -0.0478. The molecule has 2 fully saturated rings. The molecular weight excluding hydrogens is 162 g/mol. The minimum absolute atomic E-state index is 0.534. The molecule has 0 aromatic carbocycles.